The van der Waals surface area contributed by atoms with Gasteiger partial charge in [0.15, 0.2) is 0 Å². The van der Waals surface area contributed by atoms with Crippen LogP contribution < -0.4 is 0 Å². The largest absolute Gasteiger partial charge is 0.471 e. The van der Waals surface area contributed by atoms with Crippen molar-refractivity contribution in [3.05, 3.63) is 34.9 Å². The molecule has 0 bridgehead atoms. The average molecular weight is 259 g/mol. The van der Waals surface area contributed by atoms with Gasteiger partial charge < -0.3 is 10.0 Å². The lowest BCUT2D eigenvalue weighted by atomic mass is 9.95. The predicted octanol–water partition coefficient (Wildman–Crippen LogP) is 1.63. The SMILES string of the molecule is O=C(N1CCc2cccc(CO)c2C1)C(F)(F)F. The van der Waals surface area contributed by atoms with E-state index in [9.17, 15) is 18.0 Å². The van der Waals surface area contributed by atoms with Gasteiger partial charge in [-0.1, -0.05) is 18.2 Å². The summed E-state index contributed by atoms with van der Waals surface area (Å²) in [5.41, 5.74) is 2.10. The molecule has 1 heterocycles. The Balaban J connectivity index is 2.27. The van der Waals surface area contributed by atoms with Gasteiger partial charge in [-0.3, -0.25) is 4.79 Å². The summed E-state index contributed by atoms with van der Waals surface area (Å²) in [6.07, 6.45) is -4.46. The first kappa shape index (κ1) is 12.9. The molecule has 0 unspecified atom stereocenters. The second-order valence-corrected chi connectivity index (χ2v) is 4.19. The molecular formula is C12H12F3NO2. The van der Waals surface area contributed by atoms with E-state index in [0.717, 1.165) is 10.5 Å². The van der Waals surface area contributed by atoms with Crippen LogP contribution in [0.5, 0.6) is 0 Å². The third-order valence-corrected chi connectivity index (χ3v) is 3.07. The van der Waals surface area contributed by atoms with Crippen LogP contribution in [0.1, 0.15) is 16.7 Å². The molecule has 6 heteroatoms. The van der Waals surface area contributed by atoms with Crippen molar-refractivity contribution in [2.45, 2.75) is 25.7 Å². The van der Waals surface area contributed by atoms with Gasteiger partial charge in [0.25, 0.3) is 0 Å². The second-order valence-electron chi connectivity index (χ2n) is 4.19. The van der Waals surface area contributed by atoms with Crippen LogP contribution in [0.2, 0.25) is 0 Å². The molecule has 1 aromatic carbocycles. The van der Waals surface area contributed by atoms with E-state index in [1.165, 1.54) is 0 Å². The zero-order valence-electron chi connectivity index (χ0n) is 9.50. The van der Waals surface area contributed by atoms with Crippen LogP contribution in [0, 0.1) is 0 Å². The van der Waals surface area contributed by atoms with Crippen molar-refractivity contribution in [2.75, 3.05) is 6.54 Å². The van der Waals surface area contributed by atoms with E-state index in [1.54, 1.807) is 12.1 Å². The molecule has 0 aliphatic carbocycles. The highest BCUT2D eigenvalue weighted by Crippen LogP contribution is 2.26. The van der Waals surface area contributed by atoms with Gasteiger partial charge >= 0.3 is 12.1 Å². The van der Waals surface area contributed by atoms with Crippen molar-refractivity contribution >= 4 is 5.91 Å². The van der Waals surface area contributed by atoms with Gasteiger partial charge in [-0.2, -0.15) is 13.2 Å². The van der Waals surface area contributed by atoms with E-state index in [1.807, 2.05) is 6.07 Å². The molecule has 0 atom stereocenters. The smallest absolute Gasteiger partial charge is 0.392 e. The standard InChI is InChI=1S/C12H12F3NO2/c13-12(14,15)11(18)16-5-4-8-2-1-3-9(7-17)10(8)6-16/h1-3,17H,4-7H2. The van der Waals surface area contributed by atoms with Gasteiger partial charge in [-0.05, 0) is 23.1 Å². The highest BCUT2D eigenvalue weighted by molar-refractivity contribution is 5.82. The van der Waals surface area contributed by atoms with Crippen LogP contribution in [0.4, 0.5) is 13.2 Å². The predicted molar refractivity (Wildman–Crippen MR) is 57.5 cm³/mol. The summed E-state index contributed by atoms with van der Waals surface area (Å²) in [5.74, 6) is -1.82. The van der Waals surface area contributed by atoms with E-state index in [-0.39, 0.29) is 19.7 Å². The Bertz CT molecular complexity index is 457. The molecule has 3 nitrogen and oxygen atoms in total. The Morgan fingerprint density at radius 3 is 2.72 bits per heavy atom. The average Bonchev–Trinajstić information content (AvgIpc) is 2.35. The number of carbonyl (C=O) groups is 1. The van der Waals surface area contributed by atoms with Crippen molar-refractivity contribution in [1.29, 1.82) is 0 Å². The minimum Gasteiger partial charge on any atom is -0.392 e. The number of aliphatic hydroxyl groups excluding tert-OH is 1. The Hall–Kier alpha value is -1.56. The number of alkyl halides is 3. The molecule has 1 aliphatic rings. The Labute approximate surface area is 102 Å². The summed E-state index contributed by atoms with van der Waals surface area (Å²) in [6.45, 7) is -0.276. The van der Waals surface area contributed by atoms with Gasteiger partial charge in [-0.25, -0.2) is 0 Å². The lowest BCUT2D eigenvalue weighted by molar-refractivity contribution is -0.186. The number of amides is 1. The summed E-state index contributed by atoms with van der Waals surface area (Å²) in [5, 5.41) is 9.15. The zero-order chi connectivity index (χ0) is 13.3. The summed E-state index contributed by atoms with van der Waals surface area (Å²) >= 11 is 0. The highest BCUT2D eigenvalue weighted by atomic mass is 19.4. The summed E-state index contributed by atoms with van der Waals surface area (Å²) < 4.78 is 37.1. The monoisotopic (exact) mass is 259 g/mol. The van der Waals surface area contributed by atoms with Crippen molar-refractivity contribution in [3.63, 3.8) is 0 Å². The van der Waals surface area contributed by atoms with Crippen LogP contribution in [-0.2, 0) is 24.4 Å². The molecule has 1 N–H and O–H groups in total. The maximum Gasteiger partial charge on any atom is 0.471 e. The fourth-order valence-corrected chi connectivity index (χ4v) is 2.15. The fourth-order valence-electron chi connectivity index (χ4n) is 2.15. The van der Waals surface area contributed by atoms with E-state index < -0.39 is 12.1 Å². The first-order chi connectivity index (χ1) is 8.43. The zero-order valence-corrected chi connectivity index (χ0v) is 9.50. The van der Waals surface area contributed by atoms with Gasteiger partial charge in [0.05, 0.1) is 6.61 Å². The quantitative estimate of drug-likeness (QED) is 0.832. The van der Waals surface area contributed by atoms with Gasteiger partial charge in [0.2, 0.25) is 0 Å². The number of carbonyl (C=O) groups excluding carboxylic acids is 1. The number of benzene rings is 1. The third kappa shape index (κ3) is 2.33. The molecule has 0 saturated heterocycles. The Morgan fingerprint density at radius 1 is 1.39 bits per heavy atom. The van der Waals surface area contributed by atoms with Crippen LogP contribution in [-0.4, -0.2) is 28.6 Å². The van der Waals surface area contributed by atoms with Crippen LogP contribution >= 0.6 is 0 Å². The number of hydrogen-bond acceptors (Lipinski definition) is 2. The summed E-state index contributed by atoms with van der Waals surface area (Å²) in [6, 6.07) is 5.22. The fraction of sp³-hybridized carbons (Fsp3) is 0.417. The number of halogens is 3. The summed E-state index contributed by atoms with van der Waals surface area (Å²) in [4.78, 5) is 11.9. The second kappa shape index (κ2) is 4.61. The van der Waals surface area contributed by atoms with Crippen molar-refractivity contribution in [1.82, 2.24) is 4.90 Å². The molecule has 2 rings (SSSR count). The van der Waals surface area contributed by atoms with E-state index >= 15 is 0 Å². The lowest BCUT2D eigenvalue weighted by Crippen LogP contribution is -2.44. The maximum atomic E-state index is 12.4. The van der Waals surface area contributed by atoms with E-state index in [2.05, 4.69) is 0 Å². The molecule has 1 aliphatic heterocycles. The van der Waals surface area contributed by atoms with Gasteiger partial charge in [0.1, 0.15) is 0 Å². The minimum atomic E-state index is -4.84. The molecule has 0 spiro atoms. The molecule has 0 radical (unpaired) electrons. The first-order valence-corrected chi connectivity index (χ1v) is 5.50. The van der Waals surface area contributed by atoms with Crippen molar-refractivity contribution in [2.24, 2.45) is 0 Å². The molecule has 18 heavy (non-hydrogen) atoms. The number of aliphatic hydroxyl groups is 1. The van der Waals surface area contributed by atoms with Crippen molar-refractivity contribution in [3.8, 4) is 0 Å². The van der Waals surface area contributed by atoms with Crippen molar-refractivity contribution < 1.29 is 23.1 Å². The van der Waals surface area contributed by atoms with Gasteiger partial charge in [-0.15, -0.1) is 0 Å². The number of nitrogens with zero attached hydrogens (tertiary/aromatic N) is 1. The molecular weight excluding hydrogens is 247 g/mol. The molecule has 0 aromatic heterocycles. The van der Waals surface area contributed by atoms with Gasteiger partial charge in [0, 0.05) is 13.1 Å². The first-order valence-electron chi connectivity index (χ1n) is 5.50. The molecule has 1 amide bonds. The topological polar surface area (TPSA) is 40.5 Å². The number of fused-ring (bicyclic) bond motifs is 1. The Kier molecular flexibility index (Phi) is 3.30. The molecule has 98 valence electrons. The number of hydrogen-bond donors (Lipinski definition) is 1. The third-order valence-electron chi connectivity index (χ3n) is 3.07. The Morgan fingerprint density at radius 2 is 2.11 bits per heavy atom. The van der Waals surface area contributed by atoms with E-state index in [0.29, 0.717) is 17.5 Å². The summed E-state index contributed by atoms with van der Waals surface area (Å²) in [7, 11) is 0. The van der Waals surface area contributed by atoms with E-state index in [4.69, 9.17) is 5.11 Å². The molecule has 1 aromatic rings. The molecule has 0 saturated carbocycles. The minimum absolute atomic E-state index is 0.0558. The van der Waals surface area contributed by atoms with Crippen LogP contribution in [0.3, 0.4) is 0 Å². The lowest BCUT2D eigenvalue weighted by Gasteiger charge is -2.30. The van der Waals surface area contributed by atoms with Crippen LogP contribution in [0.15, 0.2) is 18.2 Å². The molecule has 0 fully saturated rings. The van der Waals surface area contributed by atoms with Crippen LogP contribution in [0.25, 0.3) is 0 Å². The number of rotatable bonds is 1. The maximum absolute atomic E-state index is 12.4. The highest BCUT2D eigenvalue weighted by Gasteiger charge is 2.43. The normalized spacial score (nSPS) is 15.4.